The van der Waals surface area contributed by atoms with Gasteiger partial charge in [0.15, 0.2) is 0 Å². The maximum Gasteiger partial charge on any atom is 0.0746 e. The van der Waals surface area contributed by atoms with E-state index in [2.05, 4.69) is 19.3 Å². The molecule has 0 bridgehead atoms. The molecular formula is C12H26N2O. The molecule has 0 saturated carbocycles. The van der Waals surface area contributed by atoms with Crippen molar-refractivity contribution in [2.75, 3.05) is 0 Å². The molecule has 3 atom stereocenters. The fourth-order valence-electron chi connectivity index (χ4n) is 2.30. The molecule has 0 aromatic carbocycles. The van der Waals surface area contributed by atoms with Crippen molar-refractivity contribution >= 4 is 0 Å². The minimum absolute atomic E-state index is 0.339. The van der Waals surface area contributed by atoms with Crippen molar-refractivity contribution in [2.45, 2.75) is 77.0 Å². The molecule has 0 radical (unpaired) electrons. The highest BCUT2D eigenvalue weighted by Crippen LogP contribution is 2.23. The van der Waals surface area contributed by atoms with Gasteiger partial charge in [-0.3, -0.25) is 11.3 Å². The first-order chi connectivity index (χ1) is 7.27. The smallest absolute Gasteiger partial charge is 0.0746 e. The third-order valence-corrected chi connectivity index (χ3v) is 3.30. The second-order valence-corrected chi connectivity index (χ2v) is 4.68. The van der Waals surface area contributed by atoms with E-state index >= 15 is 0 Å². The summed E-state index contributed by atoms with van der Waals surface area (Å²) in [6.07, 6.45) is 9.44. The van der Waals surface area contributed by atoms with E-state index in [1.165, 1.54) is 32.1 Å². The van der Waals surface area contributed by atoms with E-state index < -0.39 is 0 Å². The van der Waals surface area contributed by atoms with Gasteiger partial charge in [0.05, 0.1) is 12.2 Å². The van der Waals surface area contributed by atoms with Crippen LogP contribution in [0.1, 0.15) is 58.8 Å². The second kappa shape index (κ2) is 7.20. The molecule has 1 rings (SSSR count). The standard InChI is InChI=1S/C12H26N2O/c1-3-4-5-6-7-11(14-13)12-9-8-10(2)15-12/h10-12,14H,3-9,13H2,1-2H3. The number of rotatable bonds is 7. The number of hydrogen-bond acceptors (Lipinski definition) is 3. The molecule has 1 fully saturated rings. The number of unbranched alkanes of at least 4 members (excludes halogenated alkanes) is 3. The van der Waals surface area contributed by atoms with Crippen LogP contribution in [0.3, 0.4) is 0 Å². The van der Waals surface area contributed by atoms with E-state index in [-0.39, 0.29) is 0 Å². The fourth-order valence-corrected chi connectivity index (χ4v) is 2.30. The molecule has 0 amide bonds. The van der Waals surface area contributed by atoms with Gasteiger partial charge < -0.3 is 4.74 Å². The lowest BCUT2D eigenvalue weighted by Crippen LogP contribution is -2.43. The molecule has 3 unspecified atom stereocenters. The van der Waals surface area contributed by atoms with Gasteiger partial charge in [0.25, 0.3) is 0 Å². The van der Waals surface area contributed by atoms with Gasteiger partial charge in [-0.05, 0) is 26.2 Å². The van der Waals surface area contributed by atoms with Crippen molar-refractivity contribution in [3.8, 4) is 0 Å². The third-order valence-electron chi connectivity index (χ3n) is 3.30. The van der Waals surface area contributed by atoms with Gasteiger partial charge in [0, 0.05) is 6.04 Å². The Kier molecular flexibility index (Phi) is 6.22. The molecule has 1 aliphatic heterocycles. The minimum atomic E-state index is 0.339. The molecule has 90 valence electrons. The second-order valence-electron chi connectivity index (χ2n) is 4.68. The van der Waals surface area contributed by atoms with Gasteiger partial charge in [0.1, 0.15) is 0 Å². The zero-order chi connectivity index (χ0) is 11.1. The Bertz CT molecular complexity index is 164. The molecule has 0 aromatic heterocycles. The topological polar surface area (TPSA) is 47.3 Å². The van der Waals surface area contributed by atoms with Gasteiger partial charge in [-0.2, -0.15) is 0 Å². The molecule has 3 heteroatoms. The zero-order valence-electron chi connectivity index (χ0n) is 10.2. The van der Waals surface area contributed by atoms with Crippen LogP contribution in [0.4, 0.5) is 0 Å². The van der Waals surface area contributed by atoms with Crippen molar-refractivity contribution in [1.29, 1.82) is 0 Å². The Balaban J connectivity index is 2.17. The number of ether oxygens (including phenoxy) is 1. The highest BCUT2D eigenvalue weighted by molar-refractivity contribution is 4.81. The number of nitrogens with two attached hydrogens (primary N) is 1. The first-order valence-corrected chi connectivity index (χ1v) is 6.39. The predicted octanol–water partition coefficient (Wildman–Crippen LogP) is 2.36. The average molecular weight is 214 g/mol. The van der Waals surface area contributed by atoms with Crippen LogP contribution in [0.2, 0.25) is 0 Å². The van der Waals surface area contributed by atoms with Gasteiger partial charge >= 0.3 is 0 Å². The van der Waals surface area contributed by atoms with Crippen LogP contribution in [-0.4, -0.2) is 18.2 Å². The summed E-state index contributed by atoms with van der Waals surface area (Å²) in [5, 5.41) is 0. The van der Waals surface area contributed by atoms with Crippen molar-refractivity contribution in [3.05, 3.63) is 0 Å². The van der Waals surface area contributed by atoms with Gasteiger partial charge in [-0.1, -0.05) is 32.6 Å². The molecular weight excluding hydrogens is 188 g/mol. The number of hydrazine groups is 1. The largest absolute Gasteiger partial charge is 0.374 e. The van der Waals surface area contributed by atoms with Gasteiger partial charge in [0.2, 0.25) is 0 Å². The summed E-state index contributed by atoms with van der Waals surface area (Å²) in [5.74, 6) is 5.58. The molecule has 0 aliphatic carbocycles. The molecule has 1 heterocycles. The van der Waals surface area contributed by atoms with Crippen LogP contribution < -0.4 is 11.3 Å². The van der Waals surface area contributed by atoms with E-state index in [0.29, 0.717) is 18.2 Å². The monoisotopic (exact) mass is 214 g/mol. The lowest BCUT2D eigenvalue weighted by molar-refractivity contribution is 0.0295. The summed E-state index contributed by atoms with van der Waals surface area (Å²) in [6.45, 7) is 4.38. The molecule has 1 aliphatic rings. The fraction of sp³-hybridized carbons (Fsp3) is 1.00. The van der Waals surface area contributed by atoms with E-state index in [1.807, 2.05) is 0 Å². The van der Waals surface area contributed by atoms with Gasteiger partial charge in [-0.25, -0.2) is 0 Å². The first kappa shape index (κ1) is 12.9. The van der Waals surface area contributed by atoms with Crippen molar-refractivity contribution in [2.24, 2.45) is 5.84 Å². The third kappa shape index (κ3) is 4.49. The summed E-state index contributed by atoms with van der Waals surface area (Å²) in [7, 11) is 0. The summed E-state index contributed by atoms with van der Waals surface area (Å²) in [4.78, 5) is 0. The highest BCUT2D eigenvalue weighted by atomic mass is 16.5. The minimum Gasteiger partial charge on any atom is -0.374 e. The molecule has 15 heavy (non-hydrogen) atoms. The van der Waals surface area contributed by atoms with Gasteiger partial charge in [-0.15, -0.1) is 0 Å². The van der Waals surface area contributed by atoms with Crippen molar-refractivity contribution in [3.63, 3.8) is 0 Å². The molecule has 0 aromatic rings. The molecule has 0 spiro atoms. The lowest BCUT2D eigenvalue weighted by atomic mass is 10.0. The summed E-state index contributed by atoms with van der Waals surface area (Å²) in [6, 6.07) is 0.354. The lowest BCUT2D eigenvalue weighted by Gasteiger charge is -2.22. The van der Waals surface area contributed by atoms with Crippen LogP contribution in [-0.2, 0) is 4.74 Å². The molecule has 3 nitrogen and oxygen atoms in total. The Morgan fingerprint density at radius 3 is 2.67 bits per heavy atom. The van der Waals surface area contributed by atoms with Crippen LogP contribution in [0.5, 0.6) is 0 Å². The van der Waals surface area contributed by atoms with E-state index in [0.717, 1.165) is 12.8 Å². The number of nitrogens with one attached hydrogen (secondary N) is 1. The summed E-state index contributed by atoms with van der Waals surface area (Å²) in [5.41, 5.74) is 2.92. The number of hydrogen-bond donors (Lipinski definition) is 2. The Labute approximate surface area is 93.7 Å². The molecule has 3 N–H and O–H groups in total. The van der Waals surface area contributed by atoms with Crippen molar-refractivity contribution < 1.29 is 4.74 Å². The van der Waals surface area contributed by atoms with E-state index in [1.54, 1.807) is 0 Å². The maximum atomic E-state index is 5.83. The highest BCUT2D eigenvalue weighted by Gasteiger charge is 2.28. The first-order valence-electron chi connectivity index (χ1n) is 6.39. The van der Waals surface area contributed by atoms with Crippen LogP contribution in [0, 0.1) is 0 Å². The van der Waals surface area contributed by atoms with E-state index in [4.69, 9.17) is 10.6 Å². The van der Waals surface area contributed by atoms with Crippen LogP contribution in [0.15, 0.2) is 0 Å². The Morgan fingerprint density at radius 1 is 1.33 bits per heavy atom. The quantitative estimate of drug-likeness (QED) is 0.388. The summed E-state index contributed by atoms with van der Waals surface area (Å²) >= 11 is 0. The van der Waals surface area contributed by atoms with Crippen LogP contribution >= 0.6 is 0 Å². The summed E-state index contributed by atoms with van der Waals surface area (Å²) < 4.78 is 5.83. The normalized spacial score (nSPS) is 28.2. The van der Waals surface area contributed by atoms with Crippen LogP contribution in [0.25, 0.3) is 0 Å². The Morgan fingerprint density at radius 2 is 2.13 bits per heavy atom. The van der Waals surface area contributed by atoms with Crippen molar-refractivity contribution in [1.82, 2.24) is 5.43 Å². The maximum absolute atomic E-state index is 5.83. The Hall–Kier alpha value is -0.120. The predicted molar refractivity (Wildman–Crippen MR) is 63.4 cm³/mol. The van der Waals surface area contributed by atoms with E-state index in [9.17, 15) is 0 Å². The zero-order valence-corrected chi connectivity index (χ0v) is 10.2. The SMILES string of the molecule is CCCCCCC(NN)C1CCC(C)O1. The molecule has 1 saturated heterocycles. The average Bonchev–Trinajstić information content (AvgIpc) is 2.65.